The molecule has 0 unspecified atom stereocenters. The number of carboxylic acid groups (broad SMARTS) is 1. The molecule has 1 heterocycles. The molecule has 0 fully saturated rings. The Bertz CT molecular complexity index is 609. The first kappa shape index (κ1) is 13.9. The van der Waals surface area contributed by atoms with Crippen LogP contribution in [0, 0.1) is 6.92 Å². The first-order chi connectivity index (χ1) is 9.61. The Morgan fingerprint density at radius 1 is 1.40 bits per heavy atom. The molecular formula is C13H14N2O5. The van der Waals surface area contributed by atoms with Crippen molar-refractivity contribution >= 4 is 5.97 Å². The van der Waals surface area contributed by atoms with Crippen LogP contribution in [-0.4, -0.2) is 27.8 Å². The zero-order valence-corrected chi connectivity index (χ0v) is 11.1. The van der Waals surface area contributed by atoms with Gasteiger partial charge in [-0.05, 0) is 19.1 Å². The predicted octanol–water partition coefficient (Wildman–Crippen LogP) is 2.05. The van der Waals surface area contributed by atoms with Crippen molar-refractivity contribution in [3.8, 4) is 11.5 Å². The number of carbonyl (C=O) groups is 1. The van der Waals surface area contributed by atoms with Crippen molar-refractivity contribution in [3.63, 3.8) is 0 Å². The lowest BCUT2D eigenvalue weighted by Crippen LogP contribution is -2.06. The van der Waals surface area contributed by atoms with E-state index in [-0.39, 0.29) is 17.9 Å². The van der Waals surface area contributed by atoms with Crippen molar-refractivity contribution in [2.24, 2.45) is 0 Å². The van der Waals surface area contributed by atoms with E-state index in [0.29, 0.717) is 24.1 Å². The highest BCUT2D eigenvalue weighted by atomic mass is 16.5. The summed E-state index contributed by atoms with van der Waals surface area (Å²) in [5, 5.41) is 12.9. The molecule has 0 spiro atoms. The molecule has 2 rings (SSSR count). The molecule has 0 aliphatic rings. The summed E-state index contributed by atoms with van der Waals surface area (Å²) in [5.74, 6) is 0.188. The molecule has 106 valence electrons. The highest BCUT2D eigenvalue weighted by Crippen LogP contribution is 2.32. The molecule has 20 heavy (non-hydrogen) atoms. The van der Waals surface area contributed by atoms with Crippen LogP contribution >= 0.6 is 0 Å². The molecule has 0 aliphatic heterocycles. The molecule has 1 aromatic carbocycles. The fourth-order valence-electron chi connectivity index (χ4n) is 1.64. The van der Waals surface area contributed by atoms with Gasteiger partial charge in [-0.3, -0.25) is 0 Å². The fraction of sp³-hybridized carbons (Fsp3) is 0.308. The predicted molar refractivity (Wildman–Crippen MR) is 67.9 cm³/mol. The number of rotatable bonds is 6. The number of hydrogen-bond acceptors (Lipinski definition) is 6. The first-order valence-electron chi connectivity index (χ1n) is 6.03. The molecule has 0 bridgehead atoms. The van der Waals surface area contributed by atoms with Gasteiger partial charge in [0.05, 0.1) is 6.61 Å². The van der Waals surface area contributed by atoms with Crippen LogP contribution in [-0.2, 0) is 6.61 Å². The van der Waals surface area contributed by atoms with Crippen LogP contribution in [0.3, 0.4) is 0 Å². The molecule has 0 saturated heterocycles. The monoisotopic (exact) mass is 278 g/mol. The minimum absolute atomic E-state index is 0.00169. The Morgan fingerprint density at radius 3 is 2.80 bits per heavy atom. The maximum absolute atomic E-state index is 11.2. The van der Waals surface area contributed by atoms with Gasteiger partial charge in [-0.1, -0.05) is 11.2 Å². The number of benzene rings is 1. The number of hydrogen-bond donors (Lipinski definition) is 1. The number of aromatic nitrogens is 2. The van der Waals surface area contributed by atoms with Crippen molar-refractivity contribution in [1.29, 1.82) is 0 Å². The highest BCUT2D eigenvalue weighted by molar-refractivity contribution is 5.92. The van der Waals surface area contributed by atoms with Crippen LogP contribution in [0.15, 0.2) is 22.7 Å². The van der Waals surface area contributed by atoms with Gasteiger partial charge in [0.2, 0.25) is 11.7 Å². The summed E-state index contributed by atoms with van der Waals surface area (Å²) in [7, 11) is 0. The van der Waals surface area contributed by atoms with E-state index in [1.165, 1.54) is 6.07 Å². The molecule has 1 N–H and O–H groups in total. The number of nitrogens with zero attached hydrogens (tertiary/aromatic N) is 2. The standard InChI is InChI=1S/C13H14N2O5/c1-3-18-10-6-4-5-9(13(16)17)12(10)19-7-11-14-8(2)20-15-11/h4-6H,3,7H2,1-2H3,(H,16,17). The van der Waals surface area contributed by atoms with E-state index in [1.807, 2.05) is 0 Å². The topological polar surface area (TPSA) is 94.7 Å². The quantitative estimate of drug-likeness (QED) is 0.863. The van der Waals surface area contributed by atoms with Crippen LogP contribution in [0.25, 0.3) is 0 Å². The minimum Gasteiger partial charge on any atom is -0.490 e. The van der Waals surface area contributed by atoms with Gasteiger partial charge in [0.15, 0.2) is 18.1 Å². The van der Waals surface area contributed by atoms with Crippen molar-refractivity contribution in [1.82, 2.24) is 10.1 Å². The molecule has 7 heteroatoms. The second kappa shape index (κ2) is 6.05. The lowest BCUT2D eigenvalue weighted by atomic mass is 10.2. The van der Waals surface area contributed by atoms with Crippen molar-refractivity contribution < 1.29 is 23.9 Å². The zero-order valence-electron chi connectivity index (χ0n) is 11.1. The minimum atomic E-state index is -1.09. The molecule has 0 saturated carbocycles. The maximum atomic E-state index is 11.2. The second-order valence-corrected chi connectivity index (χ2v) is 3.89. The highest BCUT2D eigenvalue weighted by Gasteiger charge is 2.17. The fourth-order valence-corrected chi connectivity index (χ4v) is 1.64. The average molecular weight is 278 g/mol. The van der Waals surface area contributed by atoms with E-state index in [0.717, 1.165) is 0 Å². The summed E-state index contributed by atoms with van der Waals surface area (Å²) in [6.45, 7) is 3.87. The molecule has 1 aromatic heterocycles. The summed E-state index contributed by atoms with van der Waals surface area (Å²) >= 11 is 0. The van der Waals surface area contributed by atoms with Crippen LogP contribution in [0.2, 0.25) is 0 Å². The van der Waals surface area contributed by atoms with Crippen molar-refractivity contribution in [2.75, 3.05) is 6.61 Å². The average Bonchev–Trinajstić information content (AvgIpc) is 2.83. The Hall–Kier alpha value is -2.57. The van der Waals surface area contributed by atoms with Crippen LogP contribution in [0.4, 0.5) is 0 Å². The van der Waals surface area contributed by atoms with Gasteiger partial charge < -0.3 is 19.1 Å². The summed E-state index contributed by atoms with van der Waals surface area (Å²) in [6, 6.07) is 4.69. The number of aryl methyl sites for hydroxylation is 1. The zero-order chi connectivity index (χ0) is 14.5. The third-order valence-corrected chi connectivity index (χ3v) is 2.42. The van der Waals surface area contributed by atoms with E-state index in [1.54, 1.807) is 26.0 Å². The Labute approximate surface area is 115 Å². The van der Waals surface area contributed by atoms with Crippen LogP contribution in [0.1, 0.15) is 29.0 Å². The van der Waals surface area contributed by atoms with E-state index in [2.05, 4.69) is 10.1 Å². The lowest BCUT2D eigenvalue weighted by molar-refractivity contribution is 0.0690. The van der Waals surface area contributed by atoms with Crippen LogP contribution < -0.4 is 9.47 Å². The number of carboxylic acids is 1. The van der Waals surface area contributed by atoms with Gasteiger partial charge >= 0.3 is 5.97 Å². The Morgan fingerprint density at radius 2 is 2.20 bits per heavy atom. The van der Waals surface area contributed by atoms with Gasteiger partial charge in [0.1, 0.15) is 5.56 Å². The molecule has 7 nitrogen and oxygen atoms in total. The third-order valence-electron chi connectivity index (χ3n) is 2.42. The van der Waals surface area contributed by atoms with Crippen molar-refractivity contribution in [2.45, 2.75) is 20.5 Å². The van der Waals surface area contributed by atoms with Gasteiger partial charge in [-0.25, -0.2) is 4.79 Å². The lowest BCUT2D eigenvalue weighted by Gasteiger charge is -2.12. The smallest absolute Gasteiger partial charge is 0.339 e. The molecule has 2 aromatic rings. The van der Waals surface area contributed by atoms with Crippen LogP contribution in [0.5, 0.6) is 11.5 Å². The molecule has 0 amide bonds. The van der Waals surface area contributed by atoms with E-state index < -0.39 is 5.97 Å². The Kier molecular flexibility index (Phi) is 4.19. The number of para-hydroxylation sites is 1. The first-order valence-corrected chi connectivity index (χ1v) is 6.03. The molecule has 0 radical (unpaired) electrons. The molecule has 0 aliphatic carbocycles. The normalized spacial score (nSPS) is 10.3. The summed E-state index contributed by atoms with van der Waals surface area (Å²) in [4.78, 5) is 15.2. The van der Waals surface area contributed by atoms with E-state index >= 15 is 0 Å². The largest absolute Gasteiger partial charge is 0.490 e. The van der Waals surface area contributed by atoms with E-state index in [4.69, 9.17) is 14.0 Å². The van der Waals surface area contributed by atoms with Gasteiger partial charge in [-0.2, -0.15) is 4.98 Å². The second-order valence-electron chi connectivity index (χ2n) is 3.89. The summed E-state index contributed by atoms with van der Waals surface area (Å²) in [6.07, 6.45) is 0. The SMILES string of the molecule is CCOc1cccc(C(=O)O)c1OCc1noc(C)n1. The number of ether oxygens (including phenoxy) is 2. The molecular weight excluding hydrogens is 264 g/mol. The third kappa shape index (κ3) is 3.05. The van der Waals surface area contributed by atoms with Gasteiger partial charge in [0, 0.05) is 6.92 Å². The van der Waals surface area contributed by atoms with E-state index in [9.17, 15) is 9.90 Å². The number of aromatic carboxylic acids is 1. The Balaban J connectivity index is 2.25. The maximum Gasteiger partial charge on any atom is 0.339 e. The van der Waals surface area contributed by atoms with Crippen molar-refractivity contribution in [3.05, 3.63) is 35.5 Å². The summed E-state index contributed by atoms with van der Waals surface area (Å²) in [5.41, 5.74) is 0.0242. The molecule has 0 atom stereocenters. The van der Waals surface area contributed by atoms with Gasteiger partial charge in [0.25, 0.3) is 0 Å². The summed E-state index contributed by atoms with van der Waals surface area (Å²) < 4.78 is 15.7. The van der Waals surface area contributed by atoms with Gasteiger partial charge in [-0.15, -0.1) is 0 Å².